The molecule has 8 nitrogen and oxygen atoms in total. The van der Waals surface area contributed by atoms with E-state index in [9.17, 15) is 40.4 Å². The molecule has 0 aromatic rings. The van der Waals surface area contributed by atoms with Crippen LogP contribution in [0.25, 0.3) is 0 Å². The maximum atomic E-state index is 13.9. The third-order valence-corrected chi connectivity index (χ3v) is 7.21. The summed E-state index contributed by atoms with van der Waals surface area (Å²) in [5, 5.41) is -5.68. The van der Waals surface area contributed by atoms with Crippen LogP contribution in [-0.2, 0) is 34.0 Å². The van der Waals surface area contributed by atoms with Crippen LogP contribution in [0.3, 0.4) is 0 Å². The van der Waals surface area contributed by atoms with Crippen LogP contribution >= 0.6 is 0 Å². The summed E-state index contributed by atoms with van der Waals surface area (Å²) in [5.41, 5.74) is -0.871. The van der Waals surface area contributed by atoms with Crippen LogP contribution in [0.4, 0.5) is 17.6 Å². The Balaban J connectivity index is 1.63. The van der Waals surface area contributed by atoms with Crippen molar-refractivity contribution in [1.82, 2.24) is 0 Å². The second-order valence-electron chi connectivity index (χ2n) is 8.42. The first kappa shape index (κ1) is 22.9. The lowest BCUT2D eigenvalue weighted by atomic mass is 9.53. The Labute approximate surface area is 169 Å². The zero-order chi connectivity index (χ0) is 22.7. The lowest BCUT2D eigenvalue weighted by molar-refractivity contribution is -0.216. The maximum absolute atomic E-state index is 13.9. The summed E-state index contributed by atoms with van der Waals surface area (Å²) < 4.78 is 91.8. The molecule has 4 rings (SSSR count). The molecule has 4 unspecified atom stereocenters. The number of hydrogen-bond donors (Lipinski definition) is 1. The predicted molar refractivity (Wildman–Crippen MR) is 89.0 cm³/mol. The minimum atomic E-state index is -6.55. The minimum Gasteiger partial charge on any atom is -0.461 e. The fraction of sp³-hybridized carbons (Fsp3) is 0.824. The first-order valence-corrected chi connectivity index (χ1v) is 10.7. The smallest absolute Gasteiger partial charge is 0.451 e. The molecule has 4 aliphatic rings. The van der Waals surface area contributed by atoms with E-state index in [1.54, 1.807) is 0 Å². The average Bonchev–Trinajstić information content (AvgIpc) is 2.59. The van der Waals surface area contributed by atoms with E-state index in [0.717, 1.165) is 19.8 Å². The van der Waals surface area contributed by atoms with Gasteiger partial charge in [-0.2, -0.15) is 21.6 Å². The highest BCUT2D eigenvalue weighted by Gasteiger charge is 2.72. The van der Waals surface area contributed by atoms with Gasteiger partial charge in [-0.15, -0.1) is 0 Å². The molecule has 0 radical (unpaired) electrons. The van der Waals surface area contributed by atoms with Crippen molar-refractivity contribution in [3.8, 4) is 0 Å². The molecule has 0 spiro atoms. The molecule has 0 aliphatic heterocycles. The number of ketones is 1. The standard InChI is InChI=1S/C17H20F4O8S/c1-8(7-28-14(24)16(18,17(19,20)21)30(25,26)27)13(23)29-15-4-9-2-10(5-15)12(22)11(3-9)6-15/h8-11H,2-7H2,1H3,(H,25,26,27). The first-order valence-electron chi connectivity index (χ1n) is 9.26. The summed E-state index contributed by atoms with van der Waals surface area (Å²) >= 11 is 0. The van der Waals surface area contributed by atoms with Gasteiger partial charge in [0.15, 0.2) is 0 Å². The van der Waals surface area contributed by atoms with Crippen LogP contribution < -0.4 is 0 Å². The van der Waals surface area contributed by atoms with Crippen LogP contribution in [0, 0.1) is 23.7 Å². The Kier molecular flexibility index (Phi) is 5.46. The molecule has 170 valence electrons. The Hall–Kier alpha value is -1.76. The molecule has 4 aliphatic carbocycles. The van der Waals surface area contributed by atoms with Crippen molar-refractivity contribution in [2.75, 3.05) is 6.61 Å². The Morgan fingerprint density at radius 1 is 1.17 bits per heavy atom. The summed E-state index contributed by atoms with van der Waals surface area (Å²) in [6.45, 7) is 0.0441. The van der Waals surface area contributed by atoms with E-state index < -0.39 is 51.4 Å². The molecule has 0 amide bonds. The third kappa shape index (κ3) is 3.70. The number of carbonyl (C=O) groups is 3. The van der Waals surface area contributed by atoms with E-state index in [0.29, 0.717) is 19.3 Å². The second kappa shape index (κ2) is 7.14. The maximum Gasteiger partial charge on any atom is 0.451 e. The van der Waals surface area contributed by atoms with Gasteiger partial charge in [0, 0.05) is 11.8 Å². The van der Waals surface area contributed by atoms with Gasteiger partial charge in [0.2, 0.25) is 0 Å². The van der Waals surface area contributed by atoms with Crippen LogP contribution in [0.5, 0.6) is 0 Å². The molecule has 13 heteroatoms. The molecule has 4 saturated carbocycles. The number of carbonyl (C=O) groups excluding carboxylic acids is 3. The summed E-state index contributed by atoms with van der Waals surface area (Å²) in [6.07, 6.45) is -3.59. The summed E-state index contributed by atoms with van der Waals surface area (Å²) in [4.78, 5) is 36.0. The van der Waals surface area contributed by atoms with Gasteiger partial charge in [0.25, 0.3) is 0 Å². The average molecular weight is 460 g/mol. The summed E-state index contributed by atoms with van der Waals surface area (Å²) in [5.74, 6) is -5.20. The van der Waals surface area contributed by atoms with Crippen LogP contribution in [0.15, 0.2) is 0 Å². The van der Waals surface area contributed by atoms with Crippen LogP contribution in [0.1, 0.15) is 39.0 Å². The molecule has 1 N–H and O–H groups in total. The number of hydrogen-bond acceptors (Lipinski definition) is 7. The number of rotatable bonds is 6. The highest BCUT2D eigenvalue weighted by atomic mass is 32.2. The summed E-state index contributed by atoms with van der Waals surface area (Å²) in [6, 6.07) is 0. The van der Waals surface area contributed by atoms with Crippen molar-refractivity contribution in [3.05, 3.63) is 0 Å². The summed E-state index contributed by atoms with van der Waals surface area (Å²) in [7, 11) is -6.55. The molecule has 0 saturated heterocycles. The predicted octanol–water partition coefficient (Wildman–Crippen LogP) is 1.97. The number of ether oxygens (including phenoxy) is 2. The van der Waals surface area contributed by atoms with Crippen LogP contribution in [0.2, 0.25) is 0 Å². The van der Waals surface area contributed by atoms with Crippen LogP contribution in [-0.4, -0.2) is 54.1 Å². The normalized spacial score (nSPS) is 33.7. The van der Waals surface area contributed by atoms with E-state index in [1.807, 2.05) is 0 Å². The van der Waals surface area contributed by atoms with Gasteiger partial charge >= 0.3 is 33.2 Å². The molecule has 0 aromatic carbocycles. The number of esters is 2. The largest absolute Gasteiger partial charge is 0.461 e. The molecule has 0 heterocycles. The fourth-order valence-electron chi connectivity index (χ4n) is 4.84. The van der Waals surface area contributed by atoms with E-state index in [1.165, 1.54) is 0 Å². The van der Waals surface area contributed by atoms with Crippen molar-refractivity contribution in [2.24, 2.45) is 23.7 Å². The fourth-order valence-corrected chi connectivity index (χ4v) is 5.41. The SMILES string of the molecule is CC(COC(=O)C(F)(C(F)(F)F)S(=O)(=O)O)C(=O)OC12CC3CC(C1)C(=O)C(C3)C2. The molecule has 4 atom stereocenters. The third-order valence-electron chi connectivity index (χ3n) is 6.10. The van der Waals surface area contributed by atoms with E-state index in [4.69, 9.17) is 9.29 Å². The number of alkyl halides is 4. The van der Waals surface area contributed by atoms with Crippen molar-refractivity contribution in [2.45, 2.75) is 55.8 Å². The van der Waals surface area contributed by atoms with Gasteiger partial charge < -0.3 is 9.47 Å². The molecule has 4 bridgehead atoms. The Morgan fingerprint density at radius 2 is 1.70 bits per heavy atom. The second-order valence-corrected chi connectivity index (χ2v) is 9.93. The van der Waals surface area contributed by atoms with Crippen molar-refractivity contribution in [1.29, 1.82) is 0 Å². The van der Waals surface area contributed by atoms with Gasteiger partial charge in [-0.1, -0.05) is 0 Å². The molecule has 30 heavy (non-hydrogen) atoms. The van der Waals surface area contributed by atoms with Crippen molar-refractivity contribution in [3.63, 3.8) is 0 Å². The van der Waals surface area contributed by atoms with E-state index in [2.05, 4.69) is 4.74 Å². The van der Waals surface area contributed by atoms with Crippen molar-refractivity contribution >= 4 is 27.8 Å². The van der Waals surface area contributed by atoms with Gasteiger partial charge in [-0.25, -0.2) is 9.18 Å². The molecule has 4 fully saturated rings. The van der Waals surface area contributed by atoms with E-state index in [-0.39, 0.29) is 23.5 Å². The van der Waals surface area contributed by atoms with Gasteiger partial charge in [-0.05, 0) is 44.9 Å². The van der Waals surface area contributed by atoms with Gasteiger partial charge in [0.1, 0.15) is 18.0 Å². The molecular weight excluding hydrogens is 440 g/mol. The van der Waals surface area contributed by atoms with Crippen molar-refractivity contribution < 1.29 is 54.4 Å². The van der Waals surface area contributed by atoms with E-state index >= 15 is 0 Å². The lowest BCUT2D eigenvalue weighted by Gasteiger charge is -2.54. The number of Topliss-reactive ketones (excluding diaryl/α,β-unsaturated/α-hetero) is 1. The monoisotopic (exact) mass is 460 g/mol. The lowest BCUT2D eigenvalue weighted by Crippen LogP contribution is -2.57. The molecule has 0 aromatic heterocycles. The van der Waals surface area contributed by atoms with Gasteiger partial charge in [0.05, 0.1) is 5.92 Å². The quantitative estimate of drug-likeness (QED) is 0.363. The zero-order valence-corrected chi connectivity index (χ0v) is 16.6. The molecular formula is C17H20F4O8S. The highest BCUT2D eigenvalue weighted by molar-refractivity contribution is 7.88. The minimum absolute atomic E-state index is 0.149. The topological polar surface area (TPSA) is 124 Å². The van der Waals surface area contributed by atoms with Gasteiger partial charge in [-0.3, -0.25) is 14.1 Å². The highest BCUT2D eigenvalue weighted by Crippen LogP contribution is 2.55. The Bertz CT molecular complexity index is 851. The zero-order valence-electron chi connectivity index (χ0n) is 15.8. The number of halogens is 4. The Morgan fingerprint density at radius 3 is 2.17 bits per heavy atom. The first-order chi connectivity index (χ1) is 13.6.